The Balaban J connectivity index is 1.94. The summed E-state index contributed by atoms with van der Waals surface area (Å²) in [6.07, 6.45) is -5.31. The lowest BCUT2D eigenvalue weighted by Crippen LogP contribution is -2.48. The number of carbonyl (C=O) groups excluding carboxylic acids is 6. The minimum absolute atomic E-state index is 0.116. The molecule has 46 heavy (non-hydrogen) atoms. The van der Waals surface area contributed by atoms with Crippen LogP contribution in [0.4, 0.5) is 0 Å². The zero-order valence-corrected chi connectivity index (χ0v) is 26.8. The standard InChI is InChI=1S/C36H38O10/c1-19(2)43-35(41)33-34(36(42)44-20(3)4)46-30(40)17-15-24-11-9-13-26-28(24)18-27(21(5)37)31(22(6)38)32(26)25-12-8-7-10-23(25)14-16-29(39)45-33/h7-13,18-20,33-34H,14-17H2,1-6H3/t33-,34-/m1/s1. The van der Waals surface area contributed by atoms with E-state index in [1.165, 1.54) is 13.8 Å². The fraction of sp³-hybridized carbons (Fsp3) is 0.389. The predicted molar refractivity (Wildman–Crippen MR) is 168 cm³/mol. The lowest BCUT2D eigenvalue weighted by atomic mass is 9.83. The van der Waals surface area contributed by atoms with Gasteiger partial charge in [0.1, 0.15) is 0 Å². The Morgan fingerprint density at radius 3 is 1.72 bits per heavy atom. The topological polar surface area (TPSA) is 139 Å². The zero-order valence-electron chi connectivity index (χ0n) is 26.8. The normalized spacial score (nSPS) is 17.3. The highest BCUT2D eigenvalue weighted by Gasteiger charge is 2.43. The Morgan fingerprint density at radius 2 is 1.20 bits per heavy atom. The van der Waals surface area contributed by atoms with Crippen molar-refractivity contribution in [1.29, 1.82) is 0 Å². The quantitative estimate of drug-likeness (QED) is 0.194. The van der Waals surface area contributed by atoms with E-state index in [4.69, 9.17) is 18.9 Å². The van der Waals surface area contributed by atoms with E-state index in [1.54, 1.807) is 64.1 Å². The zero-order chi connectivity index (χ0) is 33.7. The van der Waals surface area contributed by atoms with E-state index in [1.807, 2.05) is 12.1 Å². The number of fused-ring (bicyclic) bond motifs is 2. The van der Waals surface area contributed by atoms with Crippen molar-refractivity contribution in [3.63, 3.8) is 0 Å². The van der Waals surface area contributed by atoms with Gasteiger partial charge in [0.15, 0.2) is 11.6 Å². The van der Waals surface area contributed by atoms with Crippen LogP contribution in [0.15, 0.2) is 48.5 Å². The Bertz CT molecular complexity index is 1700. The summed E-state index contributed by atoms with van der Waals surface area (Å²) in [5.74, 6) is -4.44. The van der Waals surface area contributed by atoms with Gasteiger partial charge in [0.2, 0.25) is 12.2 Å². The number of esters is 4. The summed E-state index contributed by atoms with van der Waals surface area (Å²) in [7, 11) is 0. The molecule has 0 aliphatic carbocycles. The van der Waals surface area contributed by atoms with Crippen LogP contribution in [0, 0.1) is 0 Å². The van der Waals surface area contributed by atoms with Crippen molar-refractivity contribution in [3.05, 3.63) is 70.8 Å². The number of ketones is 2. The summed E-state index contributed by atoms with van der Waals surface area (Å²) in [5, 5.41) is 1.36. The second-order valence-electron chi connectivity index (χ2n) is 11.7. The van der Waals surface area contributed by atoms with Gasteiger partial charge in [-0.1, -0.05) is 42.5 Å². The van der Waals surface area contributed by atoms with Crippen molar-refractivity contribution in [2.24, 2.45) is 0 Å². The largest absolute Gasteiger partial charge is 0.460 e. The van der Waals surface area contributed by atoms with Gasteiger partial charge < -0.3 is 18.9 Å². The molecule has 10 nitrogen and oxygen atoms in total. The van der Waals surface area contributed by atoms with Crippen molar-refractivity contribution in [2.75, 3.05) is 0 Å². The van der Waals surface area contributed by atoms with Gasteiger partial charge in [0.05, 0.1) is 12.2 Å². The molecule has 3 aromatic rings. The number of Topliss-reactive ketones (excluding diaryl/α,β-unsaturated/α-hetero) is 2. The second kappa shape index (κ2) is 14.5. The minimum atomic E-state index is -1.91. The molecule has 1 aliphatic rings. The Kier molecular flexibility index (Phi) is 10.7. The number of hydrogen-bond donors (Lipinski definition) is 0. The van der Waals surface area contributed by atoms with Crippen LogP contribution in [0.2, 0.25) is 0 Å². The smallest absolute Gasteiger partial charge is 0.352 e. The van der Waals surface area contributed by atoms with Gasteiger partial charge in [0.25, 0.3) is 0 Å². The van der Waals surface area contributed by atoms with Gasteiger partial charge in [-0.15, -0.1) is 0 Å². The van der Waals surface area contributed by atoms with Gasteiger partial charge in [0, 0.05) is 29.5 Å². The van der Waals surface area contributed by atoms with E-state index >= 15 is 0 Å². The fourth-order valence-corrected chi connectivity index (χ4v) is 5.55. The highest BCUT2D eigenvalue weighted by atomic mass is 16.6. The number of carbonyl (C=O) groups is 6. The summed E-state index contributed by atoms with van der Waals surface area (Å²) in [4.78, 5) is 78.9. The second-order valence-corrected chi connectivity index (χ2v) is 11.7. The first kappa shape index (κ1) is 34.0. The third-order valence-corrected chi connectivity index (χ3v) is 7.45. The maximum atomic E-state index is 13.3. The molecule has 2 atom stereocenters. The van der Waals surface area contributed by atoms with Crippen molar-refractivity contribution >= 4 is 46.2 Å². The molecule has 1 aliphatic heterocycles. The van der Waals surface area contributed by atoms with E-state index in [-0.39, 0.29) is 48.4 Å². The molecule has 4 bridgehead atoms. The molecular formula is C36H38O10. The van der Waals surface area contributed by atoms with Crippen molar-refractivity contribution in [3.8, 4) is 11.1 Å². The summed E-state index contributed by atoms with van der Waals surface area (Å²) in [5.41, 5.74) is 3.07. The molecule has 3 aromatic carbocycles. The Morgan fingerprint density at radius 1 is 0.674 bits per heavy atom. The molecule has 0 saturated carbocycles. The maximum Gasteiger partial charge on any atom is 0.352 e. The molecule has 0 aromatic heterocycles. The summed E-state index contributed by atoms with van der Waals surface area (Å²) < 4.78 is 21.6. The molecular weight excluding hydrogens is 592 g/mol. The molecule has 242 valence electrons. The fourth-order valence-electron chi connectivity index (χ4n) is 5.55. The molecule has 0 unspecified atom stereocenters. The average molecular weight is 631 g/mol. The van der Waals surface area contributed by atoms with Crippen molar-refractivity contribution < 1.29 is 47.7 Å². The molecule has 0 amide bonds. The van der Waals surface area contributed by atoms with E-state index in [2.05, 4.69) is 0 Å². The SMILES string of the molecule is CC(=O)c1cc2c3cccc2c(c1C(C)=O)-c1ccccc1CCC(=O)O[C@@H](C(=O)OC(C)C)[C@H](C(=O)OC(C)C)OC(=O)CC3. The van der Waals surface area contributed by atoms with Gasteiger partial charge in [-0.25, -0.2) is 9.59 Å². The molecule has 0 saturated heterocycles. The third-order valence-electron chi connectivity index (χ3n) is 7.45. The van der Waals surface area contributed by atoms with Crippen LogP contribution in [-0.4, -0.2) is 59.9 Å². The predicted octanol–water partition coefficient (Wildman–Crippen LogP) is 5.52. The van der Waals surface area contributed by atoms with Crippen LogP contribution < -0.4 is 0 Å². The number of aryl methyl sites for hydroxylation is 2. The van der Waals surface area contributed by atoms with Crippen LogP contribution in [0.25, 0.3) is 21.9 Å². The van der Waals surface area contributed by atoms with E-state index in [0.29, 0.717) is 33.0 Å². The lowest BCUT2D eigenvalue weighted by molar-refractivity contribution is -0.194. The van der Waals surface area contributed by atoms with Gasteiger partial charge in [-0.2, -0.15) is 0 Å². The highest BCUT2D eigenvalue weighted by Crippen LogP contribution is 2.39. The number of ether oxygens (including phenoxy) is 4. The first-order valence-electron chi connectivity index (χ1n) is 15.3. The van der Waals surface area contributed by atoms with Crippen LogP contribution >= 0.6 is 0 Å². The van der Waals surface area contributed by atoms with Crippen molar-refractivity contribution in [2.45, 2.75) is 91.6 Å². The maximum absolute atomic E-state index is 13.3. The number of benzene rings is 3. The molecule has 10 heteroatoms. The third kappa shape index (κ3) is 7.67. The lowest BCUT2D eigenvalue weighted by Gasteiger charge is -2.26. The van der Waals surface area contributed by atoms with E-state index in [0.717, 1.165) is 0 Å². The van der Waals surface area contributed by atoms with Crippen LogP contribution in [0.5, 0.6) is 0 Å². The monoisotopic (exact) mass is 630 g/mol. The summed E-state index contributed by atoms with van der Waals surface area (Å²) in [6, 6.07) is 14.3. The average Bonchev–Trinajstić information content (AvgIpc) is 2.98. The van der Waals surface area contributed by atoms with Crippen LogP contribution in [0.1, 0.15) is 86.2 Å². The Labute approximate surface area is 267 Å². The molecule has 4 rings (SSSR count). The Hall–Kier alpha value is -4.86. The first-order chi connectivity index (χ1) is 21.8. The molecule has 0 radical (unpaired) electrons. The molecule has 0 N–H and O–H groups in total. The number of rotatable bonds is 6. The van der Waals surface area contributed by atoms with E-state index in [9.17, 15) is 28.8 Å². The molecule has 0 fully saturated rings. The first-order valence-corrected chi connectivity index (χ1v) is 15.3. The summed E-state index contributed by atoms with van der Waals surface area (Å²) >= 11 is 0. The summed E-state index contributed by atoms with van der Waals surface area (Å²) in [6.45, 7) is 9.13. The minimum Gasteiger partial charge on any atom is -0.460 e. The van der Waals surface area contributed by atoms with Crippen molar-refractivity contribution in [1.82, 2.24) is 0 Å². The molecule has 1 heterocycles. The van der Waals surface area contributed by atoms with E-state index < -0.39 is 48.3 Å². The van der Waals surface area contributed by atoms with Crippen LogP contribution in [0.3, 0.4) is 0 Å². The molecule has 0 spiro atoms. The number of cyclic esters (lactones) is 2. The number of hydrogen-bond acceptors (Lipinski definition) is 10. The van der Waals surface area contributed by atoms with Gasteiger partial charge >= 0.3 is 23.9 Å². The van der Waals surface area contributed by atoms with Gasteiger partial charge in [-0.3, -0.25) is 19.2 Å². The van der Waals surface area contributed by atoms with Gasteiger partial charge in [-0.05, 0) is 87.9 Å². The highest BCUT2D eigenvalue weighted by molar-refractivity contribution is 6.18. The van der Waals surface area contributed by atoms with Crippen LogP contribution in [-0.2, 0) is 51.0 Å².